The highest BCUT2D eigenvalue weighted by Crippen LogP contribution is 2.39. The van der Waals surface area contributed by atoms with Crippen LogP contribution in [0, 0.1) is 23.2 Å². The van der Waals surface area contributed by atoms with Crippen LogP contribution in [-0.2, 0) is 19.4 Å². The molecule has 2 fully saturated rings. The lowest BCUT2D eigenvalue weighted by Gasteiger charge is -2.10. The van der Waals surface area contributed by atoms with Gasteiger partial charge in [-0.15, -0.1) is 0 Å². The van der Waals surface area contributed by atoms with Crippen LogP contribution < -0.4 is 10.6 Å². The minimum atomic E-state index is -3.04. The number of hydrogen-bond acceptors (Lipinski definition) is 5. The number of sulfone groups is 1. The summed E-state index contributed by atoms with van der Waals surface area (Å²) < 4.78 is 22.8. The van der Waals surface area contributed by atoms with E-state index in [1.165, 1.54) is 0 Å². The molecule has 3 atom stereocenters. The zero-order valence-electron chi connectivity index (χ0n) is 12.9. The molecular weight excluding hydrogens is 330 g/mol. The minimum Gasteiger partial charge on any atom is -0.352 e. The summed E-state index contributed by atoms with van der Waals surface area (Å²) in [5, 5.41) is 14.3. The van der Waals surface area contributed by atoms with Gasteiger partial charge in [0.15, 0.2) is 9.84 Å². The number of carbonyl (C=O) groups is 2. The molecule has 1 saturated carbocycles. The highest BCUT2D eigenvalue weighted by Gasteiger charge is 2.48. The van der Waals surface area contributed by atoms with Crippen LogP contribution >= 0.6 is 0 Å². The molecule has 0 radical (unpaired) electrons. The van der Waals surface area contributed by atoms with Gasteiger partial charge in [-0.1, -0.05) is 6.07 Å². The van der Waals surface area contributed by atoms with Crippen molar-refractivity contribution in [3.63, 3.8) is 0 Å². The predicted molar refractivity (Wildman–Crippen MR) is 86.6 cm³/mol. The molecule has 1 aliphatic heterocycles. The van der Waals surface area contributed by atoms with E-state index in [1.54, 1.807) is 24.3 Å². The van der Waals surface area contributed by atoms with Crippen LogP contribution in [-0.4, -0.2) is 37.8 Å². The first-order chi connectivity index (χ1) is 11.4. The van der Waals surface area contributed by atoms with Crippen LogP contribution in [0.15, 0.2) is 24.3 Å². The molecule has 7 nitrogen and oxygen atoms in total. The fourth-order valence-electron chi connectivity index (χ4n) is 2.89. The topological polar surface area (TPSA) is 116 Å². The van der Waals surface area contributed by atoms with Crippen molar-refractivity contribution in [3.8, 4) is 6.07 Å². The highest BCUT2D eigenvalue weighted by molar-refractivity contribution is 7.91. The summed E-state index contributed by atoms with van der Waals surface area (Å²) in [6.45, 7) is 0. The van der Waals surface area contributed by atoms with E-state index in [0.717, 1.165) is 0 Å². The Bertz CT molecular complexity index is 828. The van der Waals surface area contributed by atoms with Gasteiger partial charge < -0.3 is 10.6 Å². The third-order valence-corrected chi connectivity index (χ3v) is 6.07. The van der Waals surface area contributed by atoms with Crippen molar-refractivity contribution in [2.75, 3.05) is 16.8 Å². The van der Waals surface area contributed by atoms with Gasteiger partial charge in [0.05, 0.1) is 35.0 Å². The summed E-state index contributed by atoms with van der Waals surface area (Å²) in [5.74, 6) is -1.26. The molecular formula is C16H17N3O4S. The molecule has 24 heavy (non-hydrogen) atoms. The van der Waals surface area contributed by atoms with Gasteiger partial charge in [0.1, 0.15) is 0 Å². The van der Waals surface area contributed by atoms with E-state index in [2.05, 4.69) is 10.6 Å². The van der Waals surface area contributed by atoms with E-state index < -0.39 is 21.7 Å². The molecule has 1 aliphatic carbocycles. The first-order valence-corrected chi connectivity index (χ1v) is 9.52. The number of nitriles is 1. The van der Waals surface area contributed by atoms with Gasteiger partial charge in [-0.2, -0.15) is 5.26 Å². The number of hydrogen-bond donors (Lipinski definition) is 2. The van der Waals surface area contributed by atoms with Crippen molar-refractivity contribution in [2.24, 2.45) is 11.8 Å². The molecule has 0 spiro atoms. The van der Waals surface area contributed by atoms with Gasteiger partial charge in [-0.3, -0.25) is 9.59 Å². The Kier molecular flexibility index (Phi) is 4.28. The minimum absolute atomic E-state index is 0.0245. The maximum atomic E-state index is 12.2. The van der Waals surface area contributed by atoms with E-state index in [9.17, 15) is 18.0 Å². The quantitative estimate of drug-likeness (QED) is 0.819. The second kappa shape index (κ2) is 6.24. The molecule has 3 unspecified atom stereocenters. The van der Waals surface area contributed by atoms with E-state index >= 15 is 0 Å². The lowest BCUT2D eigenvalue weighted by Crippen LogP contribution is -2.37. The molecule has 3 rings (SSSR count). The molecule has 1 aromatic rings. The number of carbonyl (C=O) groups excluding carboxylic acids is 2. The van der Waals surface area contributed by atoms with Crippen molar-refractivity contribution in [1.82, 2.24) is 5.32 Å². The average molecular weight is 347 g/mol. The average Bonchev–Trinajstić information content (AvgIpc) is 3.27. The predicted octanol–water partition coefficient (Wildman–Crippen LogP) is 0.436. The van der Waals surface area contributed by atoms with Crippen molar-refractivity contribution >= 4 is 27.3 Å². The van der Waals surface area contributed by atoms with Crippen LogP contribution in [0.25, 0.3) is 0 Å². The van der Waals surface area contributed by atoms with Crippen molar-refractivity contribution in [1.29, 1.82) is 5.26 Å². The number of benzene rings is 1. The van der Waals surface area contributed by atoms with E-state index in [0.29, 0.717) is 24.1 Å². The fourth-order valence-corrected chi connectivity index (χ4v) is 4.57. The van der Waals surface area contributed by atoms with Crippen molar-refractivity contribution in [2.45, 2.75) is 18.9 Å². The van der Waals surface area contributed by atoms with Crippen LogP contribution in [0.5, 0.6) is 0 Å². The number of anilines is 1. The summed E-state index contributed by atoms with van der Waals surface area (Å²) in [7, 11) is -3.04. The van der Waals surface area contributed by atoms with Crippen molar-refractivity contribution in [3.05, 3.63) is 29.8 Å². The summed E-state index contributed by atoms with van der Waals surface area (Å²) in [5.41, 5.74) is 0.965. The number of nitrogens with one attached hydrogen (secondary N) is 2. The molecule has 1 heterocycles. The molecule has 2 aliphatic rings. The standard InChI is InChI=1S/C16H17N3O4S/c17-8-10-2-1-3-11(6-10)18-15(20)13-7-14(13)16(21)19-12-4-5-24(22,23)9-12/h1-3,6,12-14H,4-5,7,9H2,(H,18,20)(H,19,21). The maximum absolute atomic E-state index is 12.2. The summed E-state index contributed by atoms with van der Waals surface area (Å²) in [6.07, 6.45) is 0.883. The summed E-state index contributed by atoms with van der Waals surface area (Å²) >= 11 is 0. The number of amides is 2. The number of nitrogens with zero attached hydrogens (tertiary/aromatic N) is 1. The molecule has 2 N–H and O–H groups in total. The fraction of sp³-hybridized carbons (Fsp3) is 0.438. The maximum Gasteiger partial charge on any atom is 0.228 e. The van der Waals surface area contributed by atoms with E-state index in [-0.39, 0.29) is 29.4 Å². The van der Waals surface area contributed by atoms with E-state index in [1.807, 2.05) is 6.07 Å². The van der Waals surface area contributed by atoms with Gasteiger partial charge in [0, 0.05) is 11.7 Å². The molecule has 1 saturated heterocycles. The van der Waals surface area contributed by atoms with Crippen LogP contribution in [0.3, 0.4) is 0 Å². The Hall–Kier alpha value is -2.40. The Morgan fingerprint density at radius 2 is 1.96 bits per heavy atom. The summed E-state index contributed by atoms with van der Waals surface area (Å²) in [6, 6.07) is 8.21. The van der Waals surface area contributed by atoms with Gasteiger partial charge in [0.2, 0.25) is 11.8 Å². The second-order valence-electron chi connectivity index (χ2n) is 6.24. The molecule has 0 bridgehead atoms. The molecule has 1 aromatic carbocycles. The van der Waals surface area contributed by atoms with Crippen LogP contribution in [0.4, 0.5) is 5.69 Å². The lowest BCUT2D eigenvalue weighted by atomic mass is 10.2. The molecule has 8 heteroatoms. The first kappa shape index (κ1) is 16.5. The van der Waals surface area contributed by atoms with Gasteiger partial charge in [-0.25, -0.2) is 8.42 Å². The highest BCUT2D eigenvalue weighted by atomic mass is 32.2. The van der Waals surface area contributed by atoms with Crippen molar-refractivity contribution < 1.29 is 18.0 Å². The third-order valence-electron chi connectivity index (χ3n) is 4.30. The monoisotopic (exact) mass is 347 g/mol. The molecule has 126 valence electrons. The first-order valence-electron chi connectivity index (χ1n) is 7.70. The SMILES string of the molecule is N#Cc1cccc(NC(=O)C2CC2C(=O)NC2CCS(=O)(=O)C2)c1. The number of rotatable bonds is 4. The molecule has 2 amide bonds. The van der Waals surface area contributed by atoms with Crippen LogP contribution in [0.1, 0.15) is 18.4 Å². The Labute approximate surface area is 140 Å². The lowest BCUT2D eigenvalue weighted by molar-refractivity contribution is -0.125. The zero-order valence-corrected chi connectivity index (χ0v) is 13.7. The zero-order chi connectivity index (χ0) is 17.3. The van der Waals surface area contributed by atoms with E-state index in [4.69, 9.17) is 5.26 Å². The van der Waals surface area contributed by atoms with Crippen LogP contribution in [0.2, 0.25) is 0 Å². The normalized spacial score (nSPS) is 27.0. The largest absolute Gasteiger partial charge is 0.352 e. The Balaban J connectivity index is 1.52. The molecule has 0 aromatic heterocycles. The third kappa shape index (κ3) is 3.74. The van der Waals surface area contributed by atoms with Gasteiger partial charge in [-0.05, 0) is 31.0 Å². The van der Waals surface area contributed by atoms with Gasteiger partial charge in [0.25, 0.3) is 0 Å². The smallest absolute Gasteiger partial charge is 0.228 e. The van der Waals surface area contributed by atoms with Gasteiger partial charge >= 0.3 is 0 Å². The Morgan fingerprint density at radius 3 is 2.62 bits per heavy atom. The Morgan fingerprint density at radius 1 is 1.21 bits per heavy atom. The summed E-state index contributed by atoms with van der Waals surface area (Å²) in [4.78, 5) is 24.3. The second-order valence-corrected chi connectivity index (χ2v) is 8.47.